The van der Waals surface area contributed by atoms with Gasteiger partial charge in [-0.3, -0.25) is 4.72 Å². The molecule has 9 heteroatoms. The molecule has 0 saturated heterocycles. The van der Waals surface area contributed by atoms with Crippen LogP contribution < -0.4 is 10.5 Å². The van der Waals surface area contributed by atoms with Gasteiger partial charge in [0, 0.05) is 22.7 Å². The van der Waals surface area contributed by atoms with Gasteiger partial charge >= 0.3 is 0 Å². The SMILES string of the molecule is C=CS(=O)(=O)Nc1ccc(-c2nn(C(C)C)c3ncnc(N)c23)cc1. The smallest absolute Gasteiger partial charge is 0.254 e. The highest BCUT2D eigenvalue weighted by Crippen LogP contribution is 2.32. The van der Waals surface area contributed by atoms with Crippen LogP contribution in [0.2, 0.25) is 0 Å². The molecule has 0 spiro atoms. The zero-order valence-electron chi connectivity index (χ0n) is 13.8. The monoisotopic (exact) mass is 358 g/mol. The van der Waals surface area contributed by atoms with Crippen LogP contribution in [0.3, 0.4) is 0 Å². The standard InChI is InChI=1S/C16H18N6O2S/c1-4-25(23,24)21-12-7-5-11(6-8-12)14-13-15(17)18-9-19-16(13)22(20-14)10(2)3/h4-10,21H,1H2,2-3H3,(H2,17,18,19). The summed E-state index contributed by atoms with van der Waals surface area (Å²) in [5, 5.41) is 6.15. The number of sulfonamides is 1. The van der Waals surface area contributed by atoms with Gasteiger partial charge in [0.1, 0.15) is 17.8 Å². The first-order valence-corrected chi connectivity index (χ1v) is 9.11. The summed E-state index contributed by atoms with van der Waals surface area (Å²) in [4.78, 5) is 8.35. The van der Waals surface area contributed by atoms with Crippen LogP contribution in [0.25, 0.3) is 22.3 Å². The van der Waals surface area contributed by atoms with Crippen LogP contribution >= 0.6 is 0 Å². The summed E-state index contributed by atoms with van der Waals surface area (Å²) in [5.41, 5.74) is 8.56. The lowest BCUT2D eigenvalue weighted by molar-refractivity contribution is 0.548. The van der Waals surface area contributed by atoms with E-state index in [1.807, 2.05) is 13.8 Å². The molecule has 0 fully saturated rings. The fourth-order valence-corrected chi connectivity index (χ4v) is 3.01. The third kappa shape index (κ3) is 3.18. The predicted molar refractivity (Wildman–Crippen MR) is 98.3 cm³/mol. The Hall–Kier alpha value is -2.94. The molecule has 3 aromatic rings. The van der Waals surface area contributed by atoms with E-state index < -0.39 is 10.0 Å². The van der Waals surface area contributed by atoms with Crippen LogP contribution in [0.5, 0.6) is 0 Å². The van der Waals surface area contributed by atoms with E-state index >= 15 is 0 Å². The van der Waals surface area contributed by atoms with E-state index in [2.05, 4.69) is 26.4 Å². The molecule has 0 amide bonds. The van der Waals surface area contributed by atoms with Gasteiger partial charge in [-0.05, 0) is 26.0 Å². The number of nitrogens with two attached hydrogens (primary N) is 1. The van der Waals surface area contributed by atoms with Crippen molar-refractivity contribution in [2.45, 2.75) is 19.9 Å². The Morgan fingerprint density at radius 3 is 2.52 bits per heavy atom. The summed E-state index contributed by atoms with van der Waals surface area (Å²) >= 11 is 0. The predicted octanol–water partition coefficient (Wildman–Crippen LogP) is 2.54. The maximum absolute atomic E-state index is 11.5. The molecule has 3 N–H and O–H groups in total. The normalized spacial score (nSPS) is 11.8. The number of aromatic nitrogens is 4. The Balaban J connectivity index is 2.09. The molecule has 0 unspecified atom stereocenters. The van der Waals surface area contributed by atoms with Crippen LogP contribution in [-0.2, 0) is 10.0 Å². The second-order valence-corrected chi connectivity index (χ2v) is 7.36. The number of fused-ring (bicyclic) bond motifs is 1. The lowest BCUT2D eigenvalue weighted by atomic mass is 10.1. The fourth-order valence-electron chi connectivity index (χ4n) is 2.46. The molecule has 1 aromatic carbocycles. The number of benzene rings is 1. The first-order chi connectivity index (χ1) is 11.8. The summed E-state index contributed by atoms with van der Waals surface area (Å²) in [6.07, 6.45) is 1.41. The summed E-state index contributed by atoms with van der Waals surface area (Å²) in [5.74, 6) is 0.350. The Labute approximate surface area is 145 Å². The quantitative estimate of drug-likeness (QED) is 0.724. The molecule has 0 aliphatic rings. The van der Waals surface area contributed by atoms with Crippen molar-refractivity contribution in [3.63, 3.8) is 0 Å². The molecule has 0 atom stereocenters. The number of hydrogen-bond acceptors (Lipinski definition) is 6. The fraction of sp³-hybridized carbons (Fsp3) is 0.188. The van der Waals surface area contributed by atoms with Crippen LogP contribution in [0.4, 0.5) is 11.5 Å². The van der Waals surface area contributed by atoms with Crippen LogP contribution in [-0.4, -0.2) is 28.2 Å². The van der Waals surface area contributed by atoms with Crippen LogP contribution in [0.15, 0.2) is 42.6 Å². The molecule has 2 aromatic heterocycles. The average Bonchev–Trinajstić information content (AvgIpc) is 2.96. The second kappa shape index (κ2) is 6.17. The lowest BCUT2D eigenvalue weighted by Gasteiger charge is -2.06. The molecular weight excluding hydrogens is 340 g/mol. The van der Waals surface area contributed by atoms with Gasteiger partial charge in [-0.2, -0.15) is 5.10 Å². The van der Waals surface area contributed by atoms with Gasteiger partial charge in [-0.25, -0.2) is 23.1 Å². The summed E-state index contributed by atoms with van der Waals surface area (Å²) < 4.78 is 27.3. The Morgan fingerprint density at radius 1 is 1.24 bits per heavy atom. The van der Waals surface area contributed by atoms with Crippen molar-refractivity contribution in [3.05, 3.63) is 42.6 Å². The minimum atomic E-state index is -3.54. The van der Waals surface area contributed by atoms with Crippen molar-refractivity contribution in [1.82, 2.24) is 19.7 Å². The molecule has 3 rings (SSSR count). The highest BCUT2D eigenvalue weighted by Gasteiger charge is 2.18. The summed E-state index contributed by atoms with van der Waals surface area (Å²) in [6.45, 7) is 7.27. The van der Waals surface area contributed by atoms with Crippen molar-refractivity contribution in [2.75, 3.05) is 10.5 Å². The number of nitrogen functional groups attached to an aromatic ring is 1. The number of anilines is 2. The molecule has 8 nitrogen and oxygen atoms in total. The molecule has 0 saturated carbocycles. The van der Waals surface area contributed by atoms with Gasteiger partial charge in [-0.15, -0.1) is 0 Å². The molecule has 0 aliphatic carbocycles. The van der Waals surface area contributed by atoms with Crippen LogP contribution in [0.1, 0.15) is 19.9 Å². The molecule has 0 radical (unpaired) electrons. The van der Waals surface area contributed by atoms with Gasteiger partial charge in [0.2, 0.25) is 0 Å². The largest absolute Gasteiger partial charge is 0.383 e. The zero-order valence-corrected chi connectivity index (χ0v) is 14.7. The topological polar surface area (TPSA) is 116 Å². The first-order valence-electron chi connectivity index (χ1n) is 7.57. The Bertz CT molecular complexity index is 1040. The first kappa shape index (κ1) is 16.9. The van der Waals surface area contributed by atoms with Crippen molar-refractivity contribution < 1.29 is 8.42 Å². The van der Waals surface area contributed by atoms with E-state index in [4.69, 9.17) is 5.73 Å². The van der Waals surface area contributed by atoms with E-state index in [1.165, 1.54) is 6.33 Å². The van der Waals surface area contributed by atoms with Gasteiger partial charge < -0.3 is 5.73 Å². The number of rotatable bonds is 5. The number of nitrogens with one attached hydrogen (secondary N) is 1. The lowest BCUT2D eigenvalue weighted by Crippen LogP contribution is -2.08. The van der Waals surface area contributed by atoms with Crippen LogP contribution in [0, 0.1) is 0 Å². The zero-order chi connectivity index (χ0) is 18.2. The third-order valence-corrected chi connectivity index (χ3v) is 4.60. The maximum atomic E-state index is 11.5. The van der Waals surface area contributed by atoms with Crippen molar-refractivity contribution in [2.24, 2.45) is 0 Å². The average molecular weight is 358 g/mol. The summed E-state index contributed by atoms with van der Waals surface area (Å²) in [6, 6.07) is 6.93. The minimum absolute atomic E-state index is 0.101. The summed E-state index contributed by atoms with van der Waals surface area (Å²) in [7, 11) is -3.54. The molecule has 0 bridgehead atoms. The number of nitrogens with zero attached hydrogens (tertiary/aromatic N) is 4. The maximum Gasteiger partial charge on any atom is 0.254 e. The Morgan fingerprint density at radius 2 is 1.92 bits per heavy atom. The van der Waals surface area contributed by atoms with E-state index in [0.717, 1.165) is 11.0 Å². The van der Waals surface area contributed by atoms with E-state index in [9.17, 15) is 8.42 Å². The molecular formula is C16H18N6O2S. The van der Waals surface area contributed by atoms with Gasteiger partial charge in [-0.1, -0.05) is 18.7 Å². The highest BCUT2D eigenvalue weighted by molar-refractivity contribution is 7.95. The highest BCUT2D eigenvalue weighted by atomic mass is 32.2. The molecule has 0 aliphatic heterocycles. The molecule has 130 valence electrons. The minimum Gasteiger partial charge on any atom is -0.383 e. The van der Waals surface area contributed by atoms with Crippen molar-refractivity contribution in [1.29, 1.82) is 0 Å². The molecule has 2 heterocycles. The van der Waals surface area contributed by atoms with Crippen molar-refractivity contribution in [3.8, 4) is 11.3 Å². The van der Waals surface area contributed by atoms with E-state index in [-0.39, 0.29) is 6.04 Å². The van der Waals surface area contributed by atoms with E-state index in [1.54, 1.807) is 28.9 Å². The Kier molecular flexibility index (Phi) is 4.17. The van der Waals surface area contributed by atoms with Gasteiger partial charge in [0.05, 0.1) is 5.39 Å². The molecule has 25 heavy (non-hydrogen) atoms. The second-order valence-electron chi connectivity index (χ2n) is 5.74. The third-order valence-electron chi connectivity index (χ3n) is 3.65. The van der Waals surface area contributed by atoms with Gasteiger partial charge in [0.25, 0.3) is 10.0 Å². The number of hydrogen-bond donors (Lipinski definition) is 2. The van der Waals surface area contributed by atoms with Gasteiger partial charge in [0.15, 0.2) is 5.65 Å². The van der Waals surface area contributed by atoms with Crippen molar-refractivity contribution >= 4 is 32.6 Å². The van der Waals surface area contributed by atoms with E-state index in [0.29, 0.717) is 28.2 Å².